The average molecular weight is 250 g/mol. The van der Waals surface area contributed by atoms with Gasteiger partial charge >= 0.3 is 0 Å². The summed E-state index contributed by atoms with van der Waals surface area (Å²) in [6.07, 6.45) is 1.69. The number of aliphatic hydroxyl groups excluding tert-OH is 1. The van der Waals surface area contributed by atoms with Gasteiger partial charge in [-0.3, -0.25) is 5.10 Å². The fourth-order valence-corrected chi connectivity index (χ4v) is 1.54. The number of fused-ring (bicyclic) bond motifs is 1. The lowest BCUT2D eigenvalue weighted by Crippen LogP contribution is -2.16. The standard InChI is InChI=1S/C11H18N6O/c1-3-12-11-15-9(13-4-7(2)6-18)8-5-14-17-10(8)16-11/h5,7,18H,3-4,6H2,1-2H3,(H3,12,13,14,15,16,17). The van der Waals surface area contributed by atoms with Crippen LogP contribution in [0.4, 0.5) is 11.8 Å². The van der Waals surface area contributed by atoms with Crippen LogP contribution in [0.15, 0.2) is 6.20 Å². The normalized spacial score (nSPS) is 12.6. The molecular formula is C11H18N6O. The van der Waals surface area contributed by atoms with Crippen LogP contribution >= 0.6 is 0 Å². The van der Waals surface area contributed by atoms with E-state index in [9.17, 15) is 0 Å². The second-order valence-corrected chi connectivity index (χ2v) is 4.23. The van der Waals surface area contributed by atoms with Crippen molar-refractivity contribution in [2.24, 2.45) is 5.92 Å². The van der Waals surface area contributed by atoms with Gasteiger partial charge < -0.3 is 15.7 Å². The zero-order valence-electron chi connectivity index (χ0n) is 10.6. The molecule has 2 aromatic heterocycles. The molecule has 18 heavy (non-hydrogen) atoms. The van der Waals surface area contributed by atoms with Crippen LogP contribution in [0.5, 0.6) is 0 Å². The van der Waals surface area contributed by atoms with Crippen molar-refractivity contribution >= 4 is 22.8 Å². The zero-order chi connectivity index (χ0) is 13.0. The molecule has 0 spiro atoms. The molecule has 1 atom stereocenters. The lowest BCUT2D eigenvalue weighted by atomic mass is 10.2. The predicted molar refractivity (Wildman–Crippen MR) is 70.6 cm³/mol. The van der Waals surface area contributed by atoms with Crippen molar-refractivity contribution in [2.75, 3.05) is 30.3 Å². The number of nitrogens with one attached hydrogen (secondary N) is 3. The molecule has 0 amide bonds. The van der Waals surface area contributed by atoms with Crippen molar-refractivity contribution in [1.29, 1.82) is 0 Å². The van der Waals surface area contributed by atoms with Gasteiger partial charge in [0.1, 0.15) is 5.82 Å². The molecule has 1 unspecified atom stereocenters. The van der Waals surface area contributed by atoms with E-state index in [0.29, 0.717) is 18.1 Å². The summed E-state index contributed by atoms with van der Waals surface area (Å²) in [4.78, 5) is 8.70. The third kappa shape index (κ3) is 2.67. The quantitative estimate of drug-likeness (QED) is 0.606. The molecule has 0 aliphatic carbocycles. The van der Waals surface area contributed by atoms with Crippen LogP contribution in [0.2, 0.25) is 0 Å². The third-order valence-electron chi connectivity index (χ3n) is 2.57. The molecular weight excluding hydrogens is 232 g/mol. The van der Waals surface area contributed by atoms with Crippen molar-refractivity contribution in [2.45, 2.75) is 13.8 Å². The van der Waals surface area contributed by atoms with E-state index in [1.165, 1.54) is 0 Å². The van der Waals surface area contributed by atoms with Crippen molar-refractivity contribution in [1.82, 2.24) is 20.2 Å². The van der Waals surface area contributed by atoms with Crippen molar-refractivity contribution in [3.8, 4) is 0 Å². The van der Waals surface area contributed by atoms with E-state index in [-0.39, 0.29) is 12.5 Å². The topological polar surface area (TPSA) is 98.8 Å². The molecule has 0 aliphatic heterocycles. The summed E-state index contributed by atoms with van der Waals surface area (Å²) in [5.41, 5.74) is 0.695. The Balaban J connectivity index is 2.25. The van der Waals surface area contributed by atoms with Gasteiger partial charge in [0, 0.05) is 19.7 Å². The molecule has 0 aromatic carbocycles. The summed E-state index contributed by atoms with van der Waals surface area (Å²) in [6.45, 7) is 5.51. The van der Waals surface area contributed by atoms with Crippen LogP contribution in [-0.2, 0) is 0 Å². The van der Waals surface area contributed by atoms with Crippen molar-refractivity contribution < 1.29 is 5.11 Å². The Kier molecular flexibility index (Phi) is 3.93. The largest absolute Gasteiger partial charge is 0.396 e. The molecule has 98 valence electrons. The molecule has 2 heterocycles. The summed E-state index contributed by atoms with van der Waals surface area (Å²) < 4.78 is 0. The van der Waals surface area contributed by atoms with Crippen LogP contribution in [-0.4, -0.2) is 45.0 Å². The molecule has 0 fully saturated rings. The molecule has 0 saturated heterocycles. The number of aliphatic hydroxyl groups is 1. The molecule has 7 nitrogen and oxygen atoms in total. The van der Waals surface area contributed by atoms with Gasteiger partial charge in [0.2, 0.25) is 5.95 Å². The average Bonchev–Trinajstić information content (AvgIpc) is 2.84. The highest BCUT2D eigenvalue weighted by Crippen LogP contribution is 2.19. The van der Waals surface area contributed by atoms with Gasteiger partial charge in [-0.25, -0.2) is 0 Å². The molecule has 0 saturated carbocycles. The van der Waals surface area contributed by atoms with Gasteiger partial charge in [-0.1, -0.05) is 6.92 Å². The highest BCUT2D eigenvalue weighted by atomic mass is 16.3. The summed E-state index contributed by atoms with van der Waals surface area (Å²) in [6, 6.07) is 0. The van der Waals surface area contributed by atoms with E-state index in [2.05, 4.69) is 30.8 Å². The van der Waals surface area contributed by atoms with E-state index < -0.39 is 0 Å². The minimum atomic E-state index is 0.146. The van der Waals surface area contributed by atoms with E-state index >= 15 is 0 Å². The highest BCUT2D eigenvalue weighted by Gasteiger charge is 2.09. The monoisotopic (exact) mass is 250 g/mol. The maximum absolute atomic E-state index is 9.02. The first-order chi connectivity index (χ1) is 8.74. The molecule has 0 radical (unpaired) electrons. The third-order valence-corrected chi connectivity index (χ3v) is 2.57. The van der Waals surface area contributed by atoms with E-state index in [0.717, 1.165) is 17.7 Å². The second kappa shape index (κ2) is 5.63. The molecule has 2 aromatic rings. The Morgan fingerprint density at radius 3 is 2.94 bits per heavy atom. The number of hydrogen-bond acceptors (Lipinski definition) is 6. The van der Waals surface area contributed by atoms with Crippen LogP contribution in [0.1, 0.15) is 13.8 Å². The van der Waals surface area contributed by atoms with Crippen LogP contribution < -0.4 is 10.6 Å². The fraction of sp³-hybridized carbons (Fsp3) is 0.545. The Morgan fingerprint density at radius 2 is 2.22 bits per heavy atom. The predicted octanol–water partition coefficient (Wildman–Crippen LogP) is 0.825. The first-order valence-corrected chi connectivity index (χ1v) is 6.04. The second-order valence-electron chi connectivity index (χ2n) is 4.23. The highest BCUT2D eigenvalue weighted by molar-refractivity contribution is 5.86. The number of hydrogen-bond donors (Lipinski definition) is 4. The fourth-order valence-electron chi connectivity index (χ4n) is 1.54. The Bertz CT molecular complexity index is 511. The summed E-state index contributed by atoms with van der Waals surface area (Å²) in [7, 11) is 0. The van der Waals surface area contributed by atoms with E-state index in [4.69, 9.17) is 5.11 Å². The number of anilines is 2. The van der Waals surface area contributed by atoms with Gasteiger partial charge in [0.25, 0.3) is 0 Å². The van der Waals surface area contributed by atoms with Crippen molar-refractivity contribution in [3.05, 3.63) is 6.20 Å². The minimum absolute atomic E-state index is 0.146. The Labute approximate surface area is 105 Å². The van der Waals surface area contributed by atoms with Gasteiger partial charge in [-0.2, -0.15) is 15.1 Å². The first kappa shape index (κ1) is 12.6. The summed E-state index contributed by atoms with van der Waals surface area (Å²) >= 11 is 0. The van der Waals surface area contributed by atoms with Crippen LogP contribution in [0.25, 0.3) is 11.0 Å². The van der Waals surface area contributed by atoms with Crippen molar-refractivity contribution in [3.63, 3.8) is 0 Å². The molecule has 0 bridgehead atoms. The lowest BCUT2D eigenvalue weighted by molar-refractivity contribution is 0.244. The van der Waals surface area contributed by atoms with Crippen LogP contribution in [0.3, 0.4) is 0 Å². The summed E-state index contributed by atoms with van der Waals surface area (Å²) in [5.74, 6) is 1.46. The number of nitrogens with zero attached hydrogens (tertiary/aromatic N) is 3. The Hall–Kier alpha value is -1.89. The first-order valence-electron chi connectivity index (χ1n) is 6.04. The maximum atomic E-state index is 9.02. The van der Waals surface area contributed by atoms with Crippen LogP contribution in [0, 0.1) is 5.92 Å². The smallest absolute Gasteiger partial charge is 0.226 e. The molecule has 2 rings (SSSR count). The van der Waals surface area contributed by atoms with Gasteiger partial charge in [-0.05, 0) is 12.8 Å². The Morgan fingerprint density at radius 1 is 1.39 bits per heavy atom. The molecule has 0 aliphatic rings. The summed E-state index contributed by atoms with van der Waals surface area (Å²) in [5, 5.41) is 23.0. The number of aromatic amines is 1. The number of rotatable bonds is 6. The number of aromatic nitrogens is 4. The molecule has 4 N–H and O–H groups in total. The lowest BCUT2D eigenvalue weighted by Gasteiger charge is -2.11. The van der Waals surface area contributed by atoms with E-state index in [1.807, 2.05) is 13.8 Å². The minimum Gasteiger partial charge on any atom is -0.396 e. The maximum Gasteiger partial charge on any atom is 0.226 e. The van der Waals surface area contributed by atoms with Gasteiger partial charge in [-0.15, -0.1) is 0 Å². The van der Waals surface area contributed by atoms with Gasteiger partial charge in [0.15, 0.2) is 5.65 Å². The zero-order valence-corrected chi connectivity index (χ0v) is 10.6. The SMILES string of the molecule is CCNc1nc(NCC(C)CO)c2cn[nH]c2n1. The van der Waals surface area contributed by atoms with Gasteiger partial charge in [0.05, 0.1) is 11.6 Å². The molecule has 7 heteroatoms. The van der Waals surface area contributed by atoms with E-state index in [1.54, 1.807) is 6.20 Å². The number of H-pyrrole nitrogens is 1.